The molecule has 0 saturated carbocycles. The first kappa shape index (κ1) is 15.6. The van der Waals surface area contributed by atoms with Gasteiger partial charge in [0.15, 0.2) is 0 Å². The average Bonchev–Trinajstić information content (AvgIpc) is 2.33. The Balaban J connectivity index is 3.38. The lowest BCUT2D eigenvalue weighted by atomic mass is 9.98. The zero-order chi connectivity index (χ0) is 14.7. The molecule has 1 atom stereocenters. The number of hydrogen-bond donors (Lipinski definition) is 0. The second kappa shape index (κ2) is 6.14. The molecule has 1 heterocycles. The van der Waals surface area contributed by atoms with Gasteiger partial charge in [0.25, 0.3) is 0 Å². The molecular weight excluding hydrogens is 318 g/mol. The SMILES string of the molecule is CC(C)C(CBr)Cn1c(=O)c([N+](=O)[O-])cn(C)c1=O. The van der Waals surface area contributed by atoms with Crippen molar-refractivity contribution in [3.05, 3.63) is 37.1 Å². The number of halogens is 1. The summed E-state index contributed by atoms with van der Waals surface area (Å²) in [4.78, 5) is 33.9. The largest absolute Gasteiger partial charge is 0.350 e. The van der Waals surface area contributed by atoms with Crippen molar-refractivity contribution in [3.8, 4) is 0 Å². The Bertz CT molecular complexity index is 591. The Morgan fingerprint density at radius 1 is 1.42 bits per heavy atom. The highest BCUT2D eigenvalue weighted by atomic mass is 79.9. The van der Waals surface area contributed by atoms with Gasteiger partial charge in [0, 0.05) is 18.9 Å². The van der Waals surface area contributed by atoms with Gasteiger partial charge < -0.3 is 0 Å². The highest BCUT2D eigenvalue weighted by Crippen LogP contribution is 2.15. The molecule has 19 heavy (non-hydrogen) atoms. The Labute approximate surface area is 118 Å². The van der Waals surface area contributed by atoms with Crippen LogP contribution in [0.2, 0.25) is 0 Å². The van der Waals surface area contributed by atoms with E-state index in [1.807, 2.05) is 13.8 Å². The maximum absolute atomic E-state index is 12.0. The third-order valence-corrected chi connectivity index (χ3v) is 3.90. The topological polar surface area (TPSA) is 87.1 Å². The average molecular weight is 334 g/mol. The lowest BCUT2D eigenvalue weighted by molar-refractivity contribution is -0.387. The van der Waals surface area contributed by atoms with Gasteiger partial charge in [-0.3, -0.25) is 24.0 Å². The molecule has 1 unspecified atom stereocenters. The first-order valence-electron chi connectivity index (χ1n) is 5.80. The van der Waals surface area contributed by atoms with Crippen LogP contribution in [0, 0.1) is 22.0 Å². The molecule has 0 N–H and O–H groups in total. The fraction of sp³-hybridized carbons (Fsp3) is 0.636. The third-order valence-electron chi connectivity index (χ3n) is 3.07. The molecule has 0 aliphatic rings. The van der Waals surface area contributed by atoms with E-state index in [1.165, 1.54) is 7.05 Å². The third kappa shape index (κ3) is 3.31. The van der Waals surface area contributed by atoms with Crippen LogP contribution in [0.25, 0.3) is 0 Å². The molecule has 0 saturated heterocycles. The highest BCUT2D eigenvalue weighted by Gasteiger charge is 2.21. The van der Waals surface area contributed by atoms with Crippen molar-refractivity contribution in [2.45, 2.75) is 20.4 Å². The van der Waals surface area contributed by atoms with Gasteiger partial charge in [0.1, 0.15) is 0 Å². The van der Waals surface area contributed by atoms with Crippen molar-refractivity contribution in [2.24, 2.45) is 18.9 Å². The van der Waals surface area contributed by atoms with Crippen LogP contribution in [0.5, 0.6) is 0 Å². The van der Waals surface area contributed by atoms with Gasteiger partial charge in [-0.15, -0.1) is 0 Å². The number of nitro groups is 1. The number of rotatable bonds is 5. The molecule has 0 radical (unpaired) electrons. The van der Waals surface area contributed by atoms with Gasteiger partial charge in [0.05, 0.1) is 11.1 Å². The van der Waals surface area contributed by atoms with E-state index in [0.717, 1.165) is 15.3 Å². The number of aryl methyl sites for hydroxylation is 1. The molecule has 0 spiro atoms. The number of nitrogens with zero attached hydrogens (tertiary/aromatic N) is 3. The van der Waals surface area contributed by atoms with Gasteiger partial charge >= 0.3 is 16.9 Å². The van der Waals surface area contributed by atoms with Gasteiger partial charge in [-0.1, -0.05) is 29.8 Å². The van der Waals surface area contributed by atoms with E-state index < -0.39 is 21.9 Å². The Kier molecular flexibility index (Phi) is 5.04. The summed E-state index contributed by atoms with van der Waals surface area (Å²) in [6.07, 6.45) is 0.958. The normalized spacial score (nSPS) is 12.7. The van der Waals surface area contributed by atoms with Crippen LogP contribution in [-0.2, 0) is 13.6 Å². The summed E-state index contributed by atoms with van der Waals surface area (Å²) in [6.45, 7) is 4.10. The summed E-state index contributed by atoms with van der Waals surface area (Å²) < 4.78 is 2.00. The molecule has 7 nitrogen and oxygen atoms in total. The smallest absolute Gasteiger partial charge is 0.297 e. The maximum Gasteiger partial charge on any atom is 0.350 e. The van der Waals surface area contributed by atoms with Gasteiger partial charge in [-0.25, -0.2) is 4.79 Å². The minimum absolute atomic E-state index is 0.0485. The Hall–Kier alpha value is -1.44. The van der Waals surface area contributed by atoms with Crippen molar-refractivity contribution < 1.29 is 4.92 Å². The standard InChI is InChI=1S/C11H16BrN3O4/c1-7(2)8(4-12)5-14-10(16)9(15(18)19)6-13(3)11(14)17/h6-8H,4-5H2,1-3H3. The molecule has 1 aromatic rings. The van der Waals surface area contributed by atoms with Crippen molar-refractivity contribution in [2.75, 3.05) is 5.33 Å². The summed E-state index contributed by atoms with van der Waals surface area (Å²) in [5.74, 6) is 0.294. The van der Waals surface area contributed by atoms with Crippen LogP contribution >= 0.6 is 15.9 Å². The highest BCUT2D eigenvalue weighted by molar-refractivity contribution is 9.09. The fourth-order valence-electron chi connectivity index (χ4n) is 1.67. The molecular formula is C11H16BrN3O4. The Morgan fingerprint density at radius 3 is 2.42 bits per heavy atom. The van der Waals surface area contributed by atoms with Gasteiger partial charge in [0.2, 0.25) is 0 Å². The molecule has 1 rings (SSSR count). The Morgan fingerprint density at radius 2 is 2.00 bits per heavy atom. The van der Waals surface area contributed by atoms with Crippen molar-refractivity contribution in [1.29, 1.82) is 0 Å². The summed E-state index contributed by atoms with van der Waals surface area (Å²) in [6, 6.07) is 0. The molecule has 0 bridgehead atoms. The fourth-order valence-corrected chi connectivity index (χ4v) is 2.62. The monoisotopic (exact) mass is 333 g/mol. The van der Waals surface area contributed by atoms with E-state index >= 15 is 0 Å². The zero-order valence-electron chi connectivity index (χ0n) is 11.0. The number of alkyl halides is 1. The summed E-state index contributed by atoms with van der Waals surface area (Å²) in [5.41, 5.74) is -1.97. The predicted molar refractivity (Wildman–Crippen MR) is 74.7 cm³/mol. The van der Waals surface area contributed by atoms with E-state index in [4.69, 9.17) is 0 Å². The predicted octanol–water partition coefficient (Wildman–Crippen LogP) is 1.12. The summed E-state index contributed by atoms with van der Waals surface area (Å²) in [7, 11) is 1.39. The molecule has 0 fully saturated rings. The lowest BCUT2D eigenvalue weighted by Gasteiger charge is -2.18. The second-order valence-corrected chi connectivity index (χ2v) is 5.39. The van der Waals surface area contributed by atoms with Crippen molar-refractivity contribution in [3.63, 3.8) is 0 Å². The van der Waals surface area contributed by atoms with E-state index in [9.17, 15) is 19.7 Å². The second-order valence-electron chi connectivity index (χ2n) is 4.74. The van der Waals surface area contributed by atoms with Crippen LogP contribution in [0.15, 0.2) is 15.8 Å². The van der Waals surface area contributed by atoms with Crippen LogP contribution in [0.3, 0.4) is 0 Å². The minimum atomic E-state index is -0.847. The van der Waals surface area contributed by atoms with Crippen molar-refractivity contribution >= 4 is 21.6 Å². The molecule has 0 aliphatic carbocycles. The molecule has 0 aromatic carbocycles. The first-order chi connectivity index (χ1) is 8.79. The zero-order valence-corrected chi connectivity index (χ0v) is 12.6. The van der Waals surface area contributed by atoms with Crippen LogP contribution in [-0.4, -0.2) is 19.4 Å². The molecule has 8 heteroatoms. The molecule has 0 amide bonds. The van der Waals surface area contributed by atoms with Crippen LogP contribution in [0.1, 0.15) is 13.8 Å². The van der Waals surface area contributed by atoms with Crippen LogP contribution < -0.4 is 11.2 Å². The van der Waals surface area contributed by atoms with Crippen LogP contribution in [0.4, 0.5) is 5.69 Å². The quantitative estimate of drug-likeness (QED) is 0.459. The first-order valence-corrected chi connectivity index (χ1v) is 6.92. The summed E-state index contributed by atoms with van der Waals surface area (Å²) in [5, 5.41) is 11.4. The van der Waals surface area contributed by atoms with Crippen molar-refractivity contribution in [1.82, 2.24) is 9.13 Å². The molecule has 1 aromatic heterocycles. The van der Waals surface area contributed by atoms with E-state index in [0.29, 0.717) is 5.33 Å². The molecule has 106 valence electrons. The molecule has 0 aliphatic heterocycles. The lowest BCUT2D eigenvalue weighted by Crippen LogP contribution is -2.41. The maximum atomic E-state index is 12.0. The van der Waals surface area contributed by atoms with E-state index in [1.54, 1.807) is 0 Å². The number of aromatic nitrogens is 2. The number of hydrogen-bond acceptors (Lipinski definition) is 4. The van der Waals surface area contributed by atoms with Gasteiger partial charge in [-0.2, -0.15) is 0 Å². The van der Waals surface area contributed by atoms with Gasteiger partial charge in [-0.05, 0) is 11.8 Å². The van der Waals surface area contributed by atoms with E-state index in [2.05, 4.69) is 15.9 Å². The van der Waals surface area contributed by atoms with E-state index in [-0.39, 0.29) is 18.4 Å². The minimum Gasteiger partial charge on any atom is -0.297 e. The summed E-state index contributed by atoms with van der Waals surface area (Å²) >= 11 is 3.33.